The van der Waals surface area contributed by atoms with Crippen LogP contribution in [0.4, 0.5) is 0 Å². The SMILES string of the molecule is C[C@@H](Oc1ccc(C(C)(C)C)cc1)C(=O)N1CCN(CCc2ccccn2)CC1. The molecule has 3 rings (SSSR count). The molecule has 1 saturated heterocycles. The molecule has 1 fully saturated rings. The third-order valence-electron chi connectivity index (χ3n) is 5.48. The summed E-state index contributed by atoms with van der Waals surface area (Å²) < 4.78 is 5.92. The molecule has 0 radical (unpaired) electrons. The molecule has 1 aliphatic heterocycles. The molecule has 5 nitrogen and oxygen atoms in total. The monoisotopic (exact) mass is 395 g/mol. The van der Waals surface area contributed by atoms with E-state index in [1.54, 1.807) is 0 Å². The maximum atomic E-state index is 12.8. The van der Waals surface area contributed by atoms with E-state index in [9.17, 15) is 4.79 Å². The van der Waals surface area contributed by atoms with E-state index >= 15 is 0 Å². The van der Waals surface area contributed by atoms with Gasteiger partial charge in [0.1, 0.15) is 5.75 Å². The average Bonchev–Trinajstić information content (AvgIpc) is 2.72. The molecule has 2 aromatic rings. The Balaban J connectivity index is 1.45. The minimum absolute atomic E-state index is 0.0641. The first-order valence-corrected chi connectivity index (χ1v) is 10.5. The van der Waals surface area contributed by atoms with Crippen LogP contribution in [0.5, 0.6) is 5.75 Å². The third-order valence-corrected chi connectivity index (χ3v) is 5.48. The molecule has 5 heteroatoms. The zero-order valence-corrected chi connectivity index (χ0v) is 18.1. The summed E-state index contributed by atoms with van der Waals surface area (Å²) in [5.74, 6) is 0.808. The number of nitrogens with zero attached hydrogens (tertiary/aromatic N) is 3. The summed E-state index contributed by atoms with van der Waals surface area (Å²) >= 11 is 0. The molecule has 0 unspecified atom stereocenters. The highest BCUT2D eigenvalue weighted by atomic mass is 16.5. The minimum atomic E-state index is -0.476. The fourth-order valence-electron chi connectivity index (χ4n) is 3.56. The van der Waals surface area contributed by atoms with Crippen molar-refractivity contribution in [3.05, 3.63) is 59.9 Å². The second-order valence-corrected chi connectivity index (χ2v) is 8.77. The smallest absolute Gasteiger partial charge is 0.263 e. The van der Waals surface area contributed by atoms with Gasteiger partial charge in [-0.1, -0.05) is 39.0 Å². The molecule has 1 aromatic carbocycles. The normalized spacial score (nSPS) is 16.5. The van der Waals surface area contributed by atoms with E-state index in [0.29, 0.717) is 0 Å². The molecule has 156 valence electrons. The van der Waals surface area contributed by atoms with Crippen molar-refractivity contribution in [1.29, 1.82) is 0 Å². The highest BCUT2D eigenvalue weighted by Gasteiger charge is 2.26. The van der Waals surface area contributed by atoms with Crippen LogP contribution in [0.25, 0.3) is 0 Å². The Morgan fingerprint density at radius 1 is 1.07 bits per heavy atom. The fraction of sp³-hybridized carbons (Fsp3) is 0.500. The molecule has 1 aliphatic rings. The van der Waals surface area contributed by atoms with Crippen LogP contribution in [0.3, 0.4) is 0 Å². The van der Waals surface area contributed by atoms with Crippen LogP contribution < -0.4 is 4.74 Å². The van der Waals surface area contributed by atoms with Gasteiger partial charge in [-0.15, -0.1) is 0 Å². The standard InChI is InChI=1S/C24H33N3O2/c1-19(29-22-10-8-20(9-11-22)24(2,3)4)23(28)27-17-15-26(16-18-27)14-12-21-7-5-6-13-25-21/h5-11,13,19H,12,14-18H2,1-4H3/t19-/m1/s1. The van der Waals surface area contributed by atoms with Crippen LogP contribution in [0.15, 0.2) is 48.7 Å². The lowest BCUT2D eigenvalue weighted by molar-refractivity contribution is -0.139. The summed E-state index contributed by atoms with van der Waals surface area (Å²) in [7, 11) is 0. The highest BCUT2D eigenvalue weighted by Crippen LogP contribution is 2.24. The number of aromatic nitrogens is 1. The van der Waals surface area contributed by atoms with Crippen LogP contribution in [0.1, 0.15) is 39.0 Å². The van der Waals surface area contributed by atoms with Gasteiger partial charge in [-0.05, 0) is 42.2 Å². The van der Waals surface area contributed by atoms with Crippen molar-refractivity contribution in [1.82, 2.24) is 14.8 Å². The molecule has 0 saturated carbocycles. The van der Waals surface area contributed by atoms with E-state index in [-0.39, 0.29) is 11.3 Å². The first-order valence-electron chi connectivity index (χ1n) is 10.5. The highest BCUT2D eigenvalue weighted by molar-refractivity contribution is 5.81. The molecular weight excluding hydrogens is 362 g/mol. The molecule has 1 aromatic heterocycles. The largest absolute Gasteiger partial charge is 0.481 e. The van der Waals surface area contributed by atoms with Crippen LogP contribution in [-0.2, 0) is 16.6 Å². The lowest BCUT2D eigenvalue weighted by atomic mass is 9.87. The van der Waals surface area contributed by atoms with Crippen molar-refractivity contribution in [3.63, 3.8) is 0 Å². The Morgan fingerprint density at radius 3 is 2.34 bits per heavy atom. The van der Waals surface area contributed by atoms with Gasteiger partial charge < -0.3 is 9.64 Å². The summed E-state index contributed by atoms with van der Waals surface area (Å²) in [5.41, 5.74) is 2.48. The number of amides is 1. The summed E-state index contributed by atoms with van der Waals surface area (Å²) in [5, 5.41) is 0. The van der Waals surface area contributed by atoms with Gasteiger partial charge in [-0.2, -0.15) is 0 Å². The number of hydrogen-bond donors (Lipinski definition) is 0. The lowest BCUT2D eigenvalue weighted by Gasteiger charge is -2.35. The number of carbonyl (C=O) groups excluding carboxylic acids is 1. The van der Waals surface area contributed by atoms with Crippen LogP contribution >= 0.6 is 0 Å². The zero-order chi connectivity index (χ0) is 20.9. The Bertz CT molecular complexity index is 776. The van der Waals surface area contributed by atoms with Gasteiger partial charge in [0.2, 0.25) is 0 Å². The lowest BCUT2D eigenvalue weighted by Crippen LogP contribution is -2.52. The number of pyridine rings is 1. The van der Waals surface area contributed by atoms with Gasteiger partial charge in [0.25, 0.3) is 5.91 Å². The van der Waals surface area contributed by atoms with Gasteiger partial charge in [0.05, 0.1) is 0 Å². The van der Waals surface area contributed by atoms with Crippen LogP contribution in [0.2, 0.25) is 0 Å². The van der Waals surface area contributed by atoms with Gasteiger partial charge in [0.15, 0.2) is 6.10 Å². The topological polar surface area (TPSA) is 45.7 Å². The molecule has 29 heavy (non-hydrogen) atoms. The maximum absolute atomic E-state index is 12.8. The van der Waals surface area contributed by atoms with Crippen molar-refractivity contribution < 1.29 is 9.53 Å². The molecule has 0 N–H and O–H groups in total. The predicted molar refractivity (Wildman–Crippen MR) is 116 cm³/mol. The summed E-state index contributed by atoms with van der Waals surface area (Å²) in [6.45, 7) is 12.7. The number of carbonyl (C=O) groups is 1. The first kappa shape index (κ1) is 21.3. The molecule has 2 heterocycles. The average molecular weight is 396 g/mol. The number of ether oxygens (including phenoxy) is 1. The predicted octanol–water partition coefficient (Wildman–Crippen LogP) is 3.53. The number of rotatable bonds is 6. The van der Waals surface area contributed by atoms with E-state index in [1.165, 1.54) is 5.56 Å². The molecule has 0 aliphatic carbocycles. The van der Waals surface area contributed by atoms with E-state index in [2.05, 4.69) is 48.9 Å². The first-order chi connectivity index (χ1) is 13.8. The second-order valence-electron chi connectivity index (χ2n) is 8.77. The van der Waals surface area contributed by atoms with E-state index in [0.717, 1.165) is 50.6 Å². The van der Waals surface area contributed by atoms with Gasteiger partial charge >= 0.3 is 0 Å². The van der Waals surface area contributed by atoms with Crippen molar-refractivity contribution in [2.45, 2.75) is 45.6 Å². The van der Waals surface area contributed by atoms with E-state index < -0.39 is 6.10 Å². The molecule has 0 spiro atoms. The minimum Gasteiger partial charge on any atom is -0.481 e. The molecule has 0 bridgehead atoms. The van der Waals surface area contributed by atoms with Crippen LogP contribution in [0, 0.1) is 0 Å². The fourth-order valence-corrected chi connectivity index (χ4v) is 3.56. The number of piperazine rings is 1. The third kappa shape index (κ3) is 6.04. The summed E-state index contributed by atoms with van der Waals surface area (Å²) in [6, 6.07) is 14.1. The van der Waals surface area contributed by atoms with Crippen molar-refractivity contribution in [3.8, 4) is 5.75 Å². The zero-order valence-electron chi connectivity index (χ0n) is 18.1. The summed E-state index contributed by atoms with van der Waals surface area (Å²) in [6.07, 6.45) is 2.30. The number of benzene rings is 1. The Morgan fingerprint density at radius 2 is 1.76 bits per heavy atom. The van der Waals surface area contributed by atoms with E-state index in [1.807, 2.05) is 42.3 Å². The second kappa shape index (κ2) is 9.40. The molecular formula is C24H33N3O2. The van der Waals surface area contributed by atoms with Crippen molar-refractivity contribution in [2.24, 2.45) is 0 Å². The quantitative estimate of drug-likeness (QED) is 0.751. The Labute approximate surface area is 174 Å². The van der Waals surface area contributed by atoms with Crippen LogP contribution in [-0.4, -0.2) is 59.5 Å². The molecule has 1 amide bonds. The molecule has 1 atom stereocenters. The van der Waals surface area contributed by atoms with Crippen molar-refractivity contribution in [2.75, 3.05) is 32.7 Å². The Kier molecular flexibility index (Phi) is 6.91. The number of hydrogen-bond acceptors (Lipinski definition) is 4. The van der Waals surface area contributed by atoms with Gasteiger partial charge in [-0.3, -0.25) is 14.7 Å². The van der Waals surface area contributed by atoms with Gasteiger partial charge in [-0.25, -0.2) is 0 Å². The Hall–Kier alpha value is -2.40. The summed E-state index contributed by atoms with van der Waals surface area (Å²) in [4.78, 5) is 21.5. The maximum Gasteiger partial charge on any atom is 0.263 e. The van der Waals surface area contributed by atoms with Crippen molar-refractivity contribution >= 4 is 5.91 Å². The van der Waals surface area contributed by atoms with Gasteiger partial charge in [0, 0.05) is 51.0 Å². The van der Waals surface area contributed by atoms with E-state index in [4.69, 9.17) is 4.74 Å².